The highest BCUT2D eigenvalue weighted by atomic mass is 35.5. The summed E-state index contributed by atoms with van der Waals surface area (Å²) in [5.74, 6) is -1.21. The molecule has 3 amide bonds. The summed E-state index contributed by atoms with van der Waals surface area (Å²) in [5, 5.41) is 7.93. The maximum atomic E-state index is 11.8. The van der Waals surface area contributed by atoms with E-state index in [1.165, 1.54) is 18.2 Å². The average Bonchev–Trinajstić information content (AvgIpc) is 2.45. The van der Waals surface area contributed by atoms with Crippen molar-refractivity contribution in [3.63, 3.8) is 0 Å². The largest absolute Gasteiger partial charge is 0.355 e. The third kappa shape index (κ3) is 6.01. The maximum Gasteiger partial charge on any atom is 0.251 e. The van der Waals surface area contributed by atoms with Crippen LogP contribution in [0.3, 0.4) is 0 Å². The first-order valence-corrected chi connectivity index (χ1v) is 6.96. The van der Waals surface area contributed by atoms with Gasteiger partial charge in [-0.1, -0.05) is 23.2 Å². The lowest BCUT2D eigenvalue weighted by Crippen LogP contribution is -2.41. The predicted octanol–water partition coefficient (Wildman–Crippen LogP) is 0.975. The van der Waals surface area contributed by atoms with Crippen LogP contribution in [0.2, 0.25) is 10.0 Å². The second-order valence-electron chi connectivity index (χ2n) is 4.04. The molecule has 0 saturated carbocycles. The molecule has 21 heavy (non-hydrogen) atoms. The van der Waals surface area contributed by atoms with Gasteiger partial charge in [-0.05, 0) is 25.1 Å². The lowest BCUT2D eigenvalue weighted by atomic mass is 10.2. The summed E-state index contributed by atoms with van der Waals surface area (Å²) in [5.41, 5.74) is 0.293. The van der Waals surface area contributed by atoms with Crippen LogP contribution in [-0.4, -0.2) is 37.4 Å². The molecule has 0 aliphatic carbocycles. The van der Waals surface area contributed by atoms with Crippen LogP contribution >= 0.6 is 23.2 Å². The Hall–Kier alpha value is -1.79. The van der Waals surface area contributed by atoms with Gasteiger partial charge in [0.1, 0.15) is 0 Å². The Bertz CT molecular complexity index is 549. The molecule has 0 heterocycles. The number of carbonyl (C=O) groups is 3. The van der Waals surface area contributed by atoms with Gasteiger partial charge in [-0.3, -0.25) is 14.4 Å². The molecular weight excluding hydrogens is 317 g/mol. The standard InChI is InChI=1S/C13H15Cl2N3O3/c1-2-16-11(19)6-17-12(20)7-18-13(21)8-3-4-9(14)10(15)5-8/h3-5H,2,6-7H2,1H3,(H,16,19)(H,17,20)(H,18,21). The Morgan fingerprint density at radius 2 is 1.57 bits per heavy atom. The highest BCUT2D eigenvalue weighted by molar-refractivity contribution is 6.42. The summed E-state index contributed by atoms with van der Waals surface area (Å²) in [4.78, 5) is 34.4. The fourth-order valence-corrected chi connectivity index (χ4v) is 1.70. The number of hydrogen-bond acceptors (Lipinski definition) is 3. The number of amides is 3. The van der Waals surface area contributed by atoms with Crippen LogP contribution < -0.4 is 16.0 Å². The third-order valence-electron chi connectivity index (χ3n) is 2.41. The van der Waals surface area contributed by atoms with Crippen molar-refractivity contribution < 1.29 is 14.4 Å². The van der Waals surface area contributed by atoms with Crippen molar-refractivity contribution in [2.45, 2.75) is 6.92 Å². The Kier molecular flexibility index (Phi) is 6.98. The molecule has 1 aromatic rings. The monoisotopic (exact) mass is 331 g/mol. The van der Waals surface area contributed by atoms with E-state index in [1.54, 1.807) is 6.92 Å². The summed E-state index contributed by atoms with van der Waals surface area (Å²) in [7, 11) is 0. The Labute approximate surface area is 132 Å². The lowest BCUT2D eigenvalue weighted by molar-refractivity contribution is -0.125. The van der Waals surface area contributed by atoms with Crippen molar-refractivity contribution in [3.05, 3.63) is 33.8 Å². The van der Waals surface area contributed by atoms with Gasteiger partial charge >= 0.3 is 0 Å². The molecule has 0 saturated heterocycles. The lowest BCUT2D eigenvalue weighted by Gasteiger charge is -2.07. The molecule has 0 aromatic heterocycles. The second-order valence-corrected chi connectivity index (χ2v) is 4.86. The van der Waals surface area contributed by atoms with Crippen molar-refractivity contribution in [2.24, 2.45) is 0 Å². The zero-order valence-electron chi connectivity index (χ0n) is 11.3. The van der Waals surface area contributed by atoms with E-state index in [0.717, 1.165) is 0 Å². The van der Waals surface area contributed by atoms with Crippen LogP contribution in [0.5, 0.6) is 0 Å². The van der Waals surface area contributed by atoms with Gasteiger partial charge in [0.25, 0.3) is 5.91 Å². The third-order valence-corrected chi connectivity index (χ3v) is 3.15. The van der Waals surface area contributed by atoms with Gasteiger partial charge in [0.2, 0.25) is 11.8 Å². The van der Waals surface area contributed by atoms with Crippen LogP contribution in [0.15, 0.2) is 18.2 Å². The number of halogens is 2. The molecule has 0 fully saturated rings. The zero-order chi connectivity index (χ0) is 15.8. The highest BCUT2D eigenvalue weighted by Crippen LogP contribution is 2.22. The van der Waals surface area contributed by atoms with Crippen LogP contribution in [0.1, 0.15) is 17.3 Å². The molecule has 0 spiro atoms. The summed E-state index contributed by atoms with van der Waals surface area (Å²) >= 11 is 11.5. The van der Waals surface area contributed by atoms with E-state index in [1.807, 2.05) is 0 Å². The van der Waals surface area contributed by atoms with E-state index in [4.69, 9.17) is 23.2 Å². The normalized spacial score (nSPS) is 9.86. The maximum absolute atomic E-state index is 11.8. The summed E-state index contributed by atoms with van der Waals surface area (Å²) in [6.45, 7) is 1.90. The minimum absolute atomic E-state index is 0.130. The van der Waals surface area contributed by atoms with Gasteiger partial charge in [0.05, 0.1) is 23.1 Å². The first-order valence-electron chi connectivity index (χ1n) is 6.20. The summed E-state index contributed by atoms with van der Waals surface area (Å²) < 4.78 is 0. The highest BCUT2D eigenvalue weighted by Gasteiger charge is 2.10. The van der Waals surface area contributed by atoms with Crippen LogP contribution in [-0.2, 0) is 9.59 Å². The van der Waals surface area contributed by atoms with E-state index in [9.17, 15) is 14.4 Å². The molecule has 1 aromatic carbocycles. The molecule has 0 aliphatic rings. The molecule has 0 unspecified atom stereocenters. The van der Waals surface area contributed by atoms with Gasteiger partial charge in [-0.2, -0.15) is 0 Å². The fraction of sp³-hybridized carbons (Fsp3) is 0.308. The van der Waals surface area contributed by atoms with E-state index < -0.39 is 11.8 Å². The molecule has 0 bridgehead atoms. The van der Waals surface area contributed by atoms with Gasteiger partial charge in [0.15, 0.2) is 0 Å². The molecule has 0 atom stereocenters. The van der Waals surface area contributed by atoms with E-state index >= 15 is 0 Å². The number of likely N-dealkylation sites (N-methyl/N-ethyl adjacent to an activating group) is 1. The molecular formula is C13H15Cl2N3O3. The Balaban J connectivity index is 2.40. The number of carbonyl (C=O) groups excluding carboxylic acids is 3. The summed E-state index contributed by atoms with van der Waals surface area (Å²) in [6.07, 6.45) is 0. The average molecular weight is 332 g/mol. The number of nitrogens with one attached hydrogen (secondary N) is 3. The Morgan fingerprint density at radius 1 is 0.952 bits per heavy atom. The summed E-state index contributed by atoms with van der Waals surface area (Å²) in [6, 6.07) is 4.40. The van der Waals surface area contributed by atoms with Crippen molar-refractivity contribution in [2.75, 3.05) is 19.6 Å². The molecule has 6 nitrogen and oxygen atoms in total. The topological polar surface area (TPSA) is 87.3 Å². The molecule has 0 radical (unpaired) electrons. The van der Waals surface area contributed by atoms with E-state index in [-0.39, 0.29) is 24.0 Å². The second kappa shape index (κ2) is 8.49. The van der Waals surface area contributed by atoms with Crippen LogP contribution in [0.25, 0.3) is 0 Å². The van der Waals surface area contributed by atoms with Crippen LogP contribution in [0.4, 0.5) is 0 Å². The molecule has 3 N–H and O–H groups in total. The smallest absolute Gasteiger partial charge is 0.251 e. The van der Waals surface area contributed by atoms with Gasteiger partial charge < -0.3 is 16.0 Å². The van der Waals surface area contributed by atoms with E-state index in [0.29, 0.717) is 17.1 Å². The minimum Gasteiger partial charge on any atom is -0.355 e. The first-order chi connectivity index (χ1) is 9.93. The SMILES string of the molecule is CCNC(=O)CNC(=O)CNC(=O)c1ccc(Cl)c(Cl)c1. The van der Waals surface area contributed by atoms with Crippen LogP contribution in [0, 0.1) is 0 Å². The quantitative estimate of drug-likeness (QED) is 0.726. The van der Waals surface area contributed by atoms with Crippen molar-refractivity contribution in [3.8, 4) is 0 Å². The minimum atomic E-state index is -0.463. The Morgan fingerprint density at radius 3 is 2.19 bits per heavy atom. The predicted molar refractivity (Wildman–Crippen MR) is 80.5 cm³/mol. The number of rotatable bonds is 6. The molecule has 0 aliphatic heterocycles. The molecule has 8 heteroatoms. The van der Waals surface area contributed by atoms with Gasteiger partial charge in [-0.25, -0.2) is 0 Å². The van der Waals surface area contributed by atoms with Crippen molar-refractivity contribution >= 4 is 40.9 Å². The molecule has 114 valence electrons. The van der Waals surface area contributed by atoms with Gasteiger partial charge in [0, 0.05) is 12.1 Å². The fourth-order valence-electron chi connectivity index (χ4n) is 1.40. The van der Waals surface area contributed by atoms with Crippen molar-refractivity contribution in [1.82, 2.24) is 16.0 Å². The van der Waals surface area contributed by atoms with E-state index in [2.05, 4.69) is 16.0 Å². The molecule has 1 rings (SSSR count). The number of benzene rings is 1. The number of hydrogen-bond donors (Lipinski definition) is 3. The first kappa shape index (κ1) is 17.3. The van der Waals surface area contributed by atoms with Gasteiger partial charge in [-0.15, -0.1) is 0 Å². The van der Waals surface area contributed by atoms with Crippen molar-refractivity contribution in [1.29, 1.82) is 0 Å². The zero-order valence-corrected chi connectivity index (χ0v) is 12.8.